The Kier molecular flexibility index (Phi) is 24.1. The van der Waals surface area contributed by atoms with E-state index in [1.807, 2.05) is 0 Å². The zero-order valence-electron chi connectivity index (χ0n) is 90.4. The highest BCUT2D eigenvalue weighted by molar-refractivity contribution is 6.21. The second-order valence-electron chi connectivity index (χ2n) is 48.4. The van der Waals surface area contributed by atoms with Crippen LogP contribution in [0.5, 0.6) is 0 Å². The van der Waals surface area contributed by atoms with Gasteiger partial charge in [0.15, 0.2) is 0 Å². The Bertz CT molecular complexity index is 7870. The minimum absolute atomic E-state index is 0.0120. The Hall–Kier alpha value is -13.1. The van der Waals surface area contributed by atoms with Gasteiger partial charge in [0.05, 0.1) is 5.69 Å². The van der Waals surface area contributed by atoms with Crippen molar-refractivity contribution in [3.05, 3.63) is 375 Å². The third-order valence-corrected chi connectivity index (χ3v) is 37.9. The van der Waals surface area contributed by atoms with Crippen LogP contribution in [0.1, 0.15) is 355 Å². The number of unbranched alkanes of at least 4 members (excludes halogenated alkanes) is 20. The van der Waals surface area contributed by atoms with Crippen LogP contribution in [0.15, 0.2) is 306 Å². The molecule has 3 heteroatoms. The maximum absolute atomic E-state index is 7.39. The highest BCUT2D eigenvalue weighted by atomic mass is 16.3. The molecule has 2 heterocycles. The van der Waals surface area contributed by atoms with Crippen molar-refractivity contribution < 1.29 is 8.83 Å². The van der Waals surface area contributed by atoms with Crippen molar-refractivity contribution in [3.8, 4) is 122 Å². The SMILES string of the molecule is CCCCCCCCC1(CCCCCCCC)c2ccccc2-c2ccc(-c3ccc4c(c3)C(C)(C)c3cc(-c5cc6c(c7c5oc5ccccc57)-c5ccc(N(c7ccc8c(c7)C(C)(C)c7cc(-c9ccc%10c(c9)C(C)(C)c9cc(-c%11ccc%12c(c%11)C(CCCCCCCC)(CCCCCCCC)c%11ccccc%11-%12)ccc9-%10)c9oc%10ccccc%10c9c7-8)c7cccc8c7-c7ccccc7C8(C)C)cc5C6(C)C)ccc3-4)cc21. The van der Waals surface area contributed by atoms with Crippen LogP contribution in [-0.4, -0.2) is 0 Å². The molecule has 0 amide bonds. The van der Waals surface area contributed by atoms with Crippen molar-refractivity contribution in [3.63, 3.8) is 0 Å². The number of fused-ring (bicyclic) bond motifs is 29. The molecule has 3 nitrogen and oxygen atoms in total. The van der Waals surface area contributed by atoms with Crippen molar-refractivity contribution in [2.45, 2.75) is 315 Å². The number of hydrogen-bond donors (Lipinski definition) is 0. The van der Waals surface area contributed by atoms with E-state index in [9.17, 15) is 0 Å². The summed E-state index contributed by atoms with van der Waals surface area (Å²) in [6.45, 7) is 34.0. The average molecular weight is 1940 g/mol. The number of benzene rings is 16. The van der Waals surface area contributed by atoms with Gasteiger partial charge in [0.2, 0.25) is 0 Å². The van der Waals surface area contributed by atoms with E-state index in [1.54, 1.807) is 22.3 Å². The summed E-state index contributed by atoms with van der Waals surface area (Å²) in [7, 11) is 0. The van der Waals surface area contributed by atoms with Crippen LogP contribution in [0.2, 0.25) is 0 Å². The first-order chi connectivity index (χ1) is 72.0. The first kappa shape index (κ1) is 95.8. The van der Waals surface area contributed by atoms with Crippen LogP contribution in [0.3, 0.4) is 0 Å². The summed E-state index contributed by atoms with van der Waals surface area (Å²) in [6.07, 6.45) is 36.3. The Morgan fingerprint density at radius 1 is 0.196 bits per heavy atom. The molecule has 2 aromatic heterocycles. The predicted molar refractivity (Wildman–Crippen MR) is 630 cm³/mol. The average Bonchev–Trinajstić information content (AvgIpc) is 1.53. The molecule has 0 unspecified atom stereocenters. The lowest BCUT2D eigenvalue weighted by Gasteiger charge is -2.33. The van der Waals surface area contributed by atoms with Crippen LogP contribution in [0, 0.1) is 0 Å². The molecule has 0 saturated carbocycles. The molecule has 0 spiro atoms. The Morgan fingerprint density at radius 2 is 0.473 bits per heavy atom. The van der Waals surface area contributed by atoms with E-state index in [1.165, 1.54) is 363 Å². The summed E-state index contributed by atoms with van der Waals surface area (Å²) in [6, 6.07) is 118. The molecule has 0 N–H and O–H groups in total. The summed E-state index contributed by atoms with van der Waals surface area (Å²) in [4.78, 5) is 2.63. The summed E-state index contributed by atoms with van der Waals surface area (Å²) in [5.74, 6) is 0. The maximum atomic E-state index is 7.39. The van der Waals surface area contributed by atoms with Gasteiger partial charge in [0.1, 0.15) is 22.3 Å². The molecule has 0 bridgehead atoms. The molecule has 7 aliphatic carbocycles. The molecular weight excluding hydrogens is 1790 g/mol. The standard InChI is InChI=1S/C145H147NO2/c1-15-19-23-27-31-45-78-144(79-46-32-28-24-20-16-2)116-56-41-35-50-100(116)106-72-64-94(84-125(106)144)92-62-70-102-104-74-66-96(86-121(104)140(7,8)119(102)82-92)113-90-127-133(135-111-53-38-43-60-130(111)147-137(113)135)109-76-68-98(88-123(109)142(127,11)12)146(129-59-49-58-118-132(129)108-52-37-40-55-115(108)139(118,5)6)99-69-77-110-124(89-99)143(13,14)128-91-114(138-136(134(110)128)112-54-39-44-61-131(112)148-138)97-67-75-105-103-71-63-93(83-120(103)141(9,10)122(105)87-97)95-65-73-107-101-51-36-42-57-117(101)145(126(107)85-95,80-47-33-29-25-21-17-3)81-48-34-30-26-22-18-4/h35-44,49-77,82-91H,15-34,45-48,78-81H2,1-14H3. The number of rotatable bonds is 35. The molecular formula is C145H147NO2. The second kappa shape index (κ2) is 37.3. The van der Waals surface area contributed by atoms with Crippen molar-refractivity contribution in [2.75, 3.05) is 4.90 Å². The van der Waals surface area contributed by atoms with Crippen LogP contribution >= 0.6 is 0 Å². The molecule has 18 aromatic rings. The van der Waals surface area contributed by atoms with Gasteiger partial charge in [0, 0.05) is 87.5 Å². The smallest absolute Gasteiger partial charge is 0.143 e. The van der Waals surface area contributed by atoms with Gasteiger partial charge in [-0.3, -0.25) is 0 Å². The third kappa shape index (κ3) is 15.1. The van der Waals surface area contributed by atoms with E-state index >= 15 is 0 Å². The highest BCUT2D eigenvalue weighted by Crippen LogP contribution is 2.65. The Labute approximate surface area is 880 Å². The Morgan fingerprint density at radius 3 is 0.865 bits per heavy atom. The largest absolute Gasteiger partial charge is 0.455 e. The first-order valence-electron chi connectivity index (χ1n) is 57.4. The van der Waals surface area contributed by atoms with E-state index in [0.717, 1.165) is 55.6 Å². The molecule has 0 saturated heterocycles. The van der Waals surface area contributed by atoms with Gasteiger partial charge in [-0.25, -0.2) is 0 Å². The molecule has 148 heavy (non-hydrogen) atoms. The predicted octanol–water partition coefficient (Wildman–Crippen LogP) is 42.7. The number of para-hydroxylation sites is 2. The lowest BCUT2D eigenvalue weighted by Crippen LogP contribution is -2.25. The molecule has 744 valence electrons. The minimum Gasteiger partial charge on any atom is -0.455 e. The monoisotopic (exact) mass is 1930 g/mol. The number of nitrogens with zero attached hydrogens (tertiary/aromatic N) is 1. The van der Waals surface area contributed by atoms with Crippen molar-refractivity contribution in [1.29, 1.82) is 0 Å². The summed E-state index contributed by atoms with van der Waals surface area (Å²) < 4.78 is 14.8. The molecule has 7 aliphatic rings. The van der Waals surface area contributed by atoms with Gasteiger partial charge in [-0.05, 0) is 300 Å². The number of hydrogen-bond acceptors (Lipinski definition) is 3. The van der Waals surface area contributed by atoms with Crippen LogP contribution < -0.4 is 4.90 Å². The van der Waals surface area contributed by atoms with Crippen molar-refractivity contribution in [1.82, 2.24) is 0 Å². The van der Waals surface area contributed by atoms with Gasteiger partial charge in [-0.2, -0.15) is 0 Å². The quantitative estimate of drug-likeness (QED) is 0.0371. The zero-order valence-corrected chi connectivity index (χ0v) is 90.4. The molecule has 0 radical (unpaired) electrons. The Balaban J connectivity index is 0.562. The molecule has 0 aliphatic heterocycles. The van der Waals surface area contributed by atoms with E-state index in [4.69, 9.17) is 8.83 Å². The van der Waals surface area contributed by atoms with Crippen LogP contribution in [-0.2, 0) is 37.9 Å². The fourth-order valence-corrected chi connectivity index (χ4v) is 29.8. The normalized spacial score (nSPS) is 15.7. The van der Waals surface area contributed by atoms with Gasteiger partial charge >= 0.3 is 0 Å². The zero-order chi connectivity index (χ0) is 101. The topological polar surface area (TPSA) is 29.5 Å². The van der Waals surface area contributed by atoms with Crippen LogP contribution in [0.4, 0.5) is 17.1 Å². The minimum atomic E-state index is -0.447. The molecule has 16 aromatic carbocycles. The summed E-state index contributed by atoms with van der Waals surface area (Å²) >= 11 is 0. The summed E-state index contributed by atoms with van der Waals surface area (Å²) in [5, 5.41) is 4.66. The van der Waals surface area contributed by atoms with E-state index < -0.39 is 10.8 Å². The van der Waals surface area contributed by atoms with Gasteiger partial charge < -0.3 is 13.7 Å². The van der Waals surface area contributed by atoms with E-state index in [0.29, 0.717) is 0 Å². The van der Waals surface area contributed by atoms with Gasteiger partial charge in [0.25, 0.3) is 0 Å². The fourth-order valence-electron chi connectivity index (χ4n) is 29.8. The second-order valence-corrected chi connectivity index (χ2v) is 48.4. The number of anilines is 3. The van der Waals surface area contributed by atoms with Crippen LogP contribution in [0.25, 0.3) is 166 Å². The van der Waals surface area contributed by atoms with Gasteiger partial charge in [-0.15, -0.1) is 0 Å². The third-order valence-electron chi connectivity index (χ3n) is 37.9. The lowest BCUT2D eigenvalue weighted by molar-refractivity contribution is 0.398. The highest BCUT2D eigenvalue weighted by Gasteiger charge is 2.49. The lowest BCUT2D eigenvalue weighted by atomic mass is 9.70. The van der Waals surface area contributed by atoms with E-state index in [-0.39, 0.29) is 27.1 Å². The molecule has 0 fully saturated rings. The number of furan rings is 2. The van der Waals surface area contributed by atoms with Crippen molar-refractivity contribution in [2.24, 2.45) is 0 Å². The summed E-state index contributed by atoms with van der Waals surface area (Å²) in [5.41, 5.74) is 53.8. The van der Waals surface area contributed by atoms with Gasteiger partial charge in [-0.1, -0.05) is 457 Å². The molecule has 25 rings (SSSR count). The molecule has 0 atom stereocenters. The van der Waals surface area contributed by atoms with E-state index in [2.05, 4.69) is 399 Å². The maximum Gasteiger partial charge on any atom is 0.143 e. The first-order valence-corrected chi connectivity index (χ1v) is 57.4. The fraction of sp³-hybridized carbons (Fsp3) is 0.338. The van der Waals surface area contributed by atoms with Crippen molar-refractivity contribution >= 4 is 60.9 Å².